The monoisotopic (exact) mass is 289 g/mol. The summed E-state index contributed by atoms with van der Waals surface area (Å²) in [6.45, 7) is 0. The van der Waals surface area contributed by atoms with Crippen LogP contribution in [-0.2, 0) is 10.0 Å². The van der Waals surface area contributed by atoms with E-state index in [1.807, 2.05) is 0 Å². The average molecular weight is 289 g/mol. The van der Waals surface area contributed by atoms with Crippen molar-refractivity contribution in [1.82, 2.24) is 0 Å². The van der Waals surface area contributed by atoms with Gasteiger partial charge in [-0.05, 0) is 29.7 Å². The lowest BCUT2D eigenvalue weighted by atomic mass is 10.3. The molecule has 0 aromatic heterocycles. The van der Waals surface area contributed by atoms with E-state index < -0.39 is 13.4 Å². The molecular formula is C10H11NO3S3. The zero-order valence-electron chi connectivity index (χ0n) is 8.74. The quantitative estimate of drug-likeness (QED) is 0.890. The van der Waals surface area contributed by atoms with Gasteiger partial charge in [0.2, 0.25) is 10.0 Å². The Hall–Kier alpha value is -0.630. The Kier molecular flexibility index (Phi) is 3.44. The van der Waals surface area contributed by atoms with E-state index in [2.05, 4.69) is 0 Å². The second kappa shape index (κ2) is 4.56. The highest BCUT2D eigenvalue weighted by atomic mass is 32.3. The first kappa shape index (κ1) is 12.8. The summed E-state index contributed by atoms with van der Waals surface area (Å²) in [6.07, 6.45) is 2.17. The molecule has 0 bridgehead atoms. The summed E-state index contributed by atoms with van der Waals surface area (Å²) < 4.78 is 22.3. The third kappa shape index (κ3) is 2.62. The molecule has 0 spiro atoms. The van der Waals surface area contributed by atoms with Gasteiger partial charge in [-0.3, -0.25) is 0 Å². The van der Waals surface area contributed by atoms with Crippen molar-refractivity contribution in [2.24, 2.45) is 5.14 Å². The molecule has 1 heterocycles. The molecule has 2 rings (SSSR count). The van der Waals surface area contributed by atoms with Crippen LogP contribution in [0.3, 0.4) is 0 Å². The van der Waals surface area contributed by atoms with Gasteiger partial charge in [0.05, 0.1) is 0 Å². The Labute approximate surface area is 108 Å². The Bertz CT molecular complexity index is 528. The maximum Gasteiger partial charge on any atom is 0.234 e. The first-order chi connectivity index (χ1) is 7.93. The minimum atomic E-state index is -3.67. The number of allylic oxidation sites excluding steroid dienone is 1. The van der Waals surface area contributed by atoms with E-state index >= 15 is 0 Å². The van der Waals surface area contributed by atoms with Crippen LogP contribution in [0.15, 0.2) is 40.6 Å². The Morgan fingerprint density at radius 3 is 2.47 bits per heavy atom. The highest BCUT2D eigenvalue weighted by molar-refractivity contribution is 8.32. The van der Waals surface area contributed by atoms with Crippen molar-refractivity contribution in [1.29, 1.82) is 0 Å². The van der Waals surface area contributed by atoms with Crippen LogP contribution < -0.4 is 5.14 Å². The standard InChI is InChI=1S/C10H11NO3S3/c11-17(13,14)10(6-1-7-15-10)16-9-4-2-8(12)3-5-9/h1-5,7,12H,6H2,(H2,11,13,14). The van der Waals surface area contributed by atoms with Gasteiger partial charge in [0.25, 0.3) is 0 Å². The van der Waals surface area contributed by atoms with E-state index in [-0.39, 0.29) is 5.75 Å². The topological polar surface area (TPSA) is 80.4 Å². The van der Waals surface area contributed by atoms with E-state index in [0.717, 1.165) is 4.90 Å². The van der Waals surface area contributed by atoms with Crippen LogP contribution in [0.25, 0.3) is 0 Å². The SMILES string of the molecule is NS(=O)(=O)C1(Sc2ccc(O)cc2)CC=CS1. The fraction of sp³-hybridized carbons (Fsp3) is 0.200. The van der Waals surface area contributed by atoms with Crippen molar-refractivity contribution >= 4 is 33.5 Å². The number of hydrogen-bond donors (Lipinski definition) is 2. The summed E-state index contributed by atoms with van der Waals surface area (Å²) in [5, 5.41) is 16.2. The van der Waals surface area contributed by atoms with Crippen LogP contribution in [-0.4, -0.2) is 16.9 Å². The van der Waals surface area contributed by atoms with Crippen LogP contribution >= 0.6 is 23.5 Å². The number of benzene rings is 1. The summed E-state index contributed by atoms with van der Waals surface area (Å²) >= 11 is 2.39. The highest BCUT2D eigenvalue weighted by Crippen LogP contribution is 2.51. The molecule has 0 amide bonds. The van der Waals surface area contributed by atoms with Gasteiger partial charge in [-0.25, -0.2) is 13.6 Å². The van der Waals surface area contributed by atoms with E-state index in [1.165, 1.54) is 35.7 Å². The number of aromatic hydroxyl groups is 1. The molecule has 0 radical (unpaired) electrons. The van der Waals surface area contributed by atoms with Gasteiger partial charge >= 0.3 is 0 Å². The molecule has 0 aliphatic carbocycles. The van der Waals surface area contributed by atoms with Crippen LogP contribution in [0.4, 0.5) is 0 Å². The van der Waals surface area contributed by atoms with Crippen molar-refractivity contribution in [3.05, 3.63) is 35.7 Å². The van der Waals surface area contributed by atoms with E-state index in [1.54, 1.807) is 23.6 Å². The largest absolute Gasteiger partial charge is 0.508 e. The molecule has 3 N–H and O–H groups in total. The van der Waals surface area contributed by atoms with Crippen LogP contribution in [0.5, 0.6) is 5.75 Å². The molecule has 1 aromatic rings. The summed E-state index contributed by atoms with van der Waals surface area (Å²) in [7, 11) is -3.67. The van der Waals surface area contributed by atoms with Crippen molar-refractivity contribution in [2.75, 3.05) is 0 Å². The van der Waals surface area contributed by atoms with Crippen molar-refractivity contribution in [3.8, 4) is 5.75 Å². The number of sulfonamides is 1. The third-order valence-corrected chi connectivity index (χ3v) is 7.60. The minimum absolute atomic E-state index is 0.149. The summed E-state index contributed by atoms with van der Waals surface area (Å²) in [5.74, 6) is 0.149. The van der Waals surface area contributed by atoms with E-state index in [4.69, 9.17) is 5.14 Å². The number of hydrogen-bond acceptors (Lipinski definition) is 5. The van der Waals surface area contributed by atoms with Gasteiger partial charge in [0, 0.05) is 11.3 Å². The zero-order valence-corrected chi connectivity index (χ0v) is 11.2. The molecule has 4 nitrogen and oxygen atoms in total. The molecule has 92 valence electrons. The van der Waals surface area contributed by atoms with Crippen LogP contribution in [0.2, 0.25) is 0 Å². The molecular weight excluding hydrogens is 278 g/mol. The highest BCUT2D eigenvalue weighted by Gasteiger charge is 2.44. The number of thioether (sulfide) groups is 2. The van der Waals surface area contributed by atoms with Gasteiger partial charge in [0.1, 0.15) is 5.75 Å². The number of phenols is 1. The smallest absolute Gasteiger partial charge is 0.234 e. The first-order valence-corrected chi connectivity index (χ1v) is 8.00. The fourth-order valence-corrected chi connectivity index (χ4v) is 5.23. The number of nitrogens with two attached hydrogens (primary N) is 1. The predicted octanol–water partition coefficient (Wildman–Crippen LogP) is 2.08. The number of phenolic OH excluding ortho intramolecular Hbond substituents is 1. The van der Waals surface area contributed by atoms with Gasteiger partial charge in [0.15, 0.2) is 3.41 Å². The summed E-state index contributed by atoms with van der Waals surface area (Å²) in [5.41, 5.74) is 0. The lowest BCUT2D eigenvalue weighted by Crippen LogP contribution is -2.35. The maximum atomic E-state index is 11.7. The molecule has 17 heavy (non-hydrogen) atoms. The zero-order chi connectivity index (χ0) is 12.5. The fourth-order valence-electron chi connectivity index (χ4n) is 1.39. The van der Waals surface area contributed by atoms with Gasteiger partial charge in [-0.2, -0.15) is 0 Å². The molecule has 1 unspecified atom stereocenters. The lowest BCUT2D eigenvalue weighted by molar-refractivity contribution is 0.475. The molecule has 0 saturated carbocycles. The molecule has 0 saturated heterocycles. The van der Waals surface area contributed by atoms with Gasteiger partial charge < -0.3 is 5.11 Å². The van der Waals surface area contributed by atoms with Gasteiger partial charge in [-0.15, -0.1) is 0 Å². The predicted molar refractivity (Wildman–Crippen MR) is 71.2 cm³/mol. The summed E-state index contributed by atoms with van der Waals surface area (Å²) in [6, 6.07) is 6.38. The molecule has 0 fully saturated rings. The molecule has 1 atom stereocenters. The van der Waals surface area contributed by atoms with Crippen molar-refractivity contribution in [2.45, 2.75) is 14.7 Å². The van der Waals surface area contributed by atoms with Crippen molar-refractivity contribution < 1.29 is 13.5 Å². The maximum absolute atomic E-state index is 11.7. The van der Waals surface area contributed by atoms with E-state index in [0.29, 0.717) is 6.42 Å². The van der Waals surface area contributed by atoms with Crippen LogP contribution in [0, 0.1) is 0 Å². The number of rotatable bonds is 3. The normalized spacial score (nSPS) is 24.1. The first-order valence-electron chi connectivity index (χ1n) is 4.76. The molecule has 7 heteroatoms. The second-order valence-electron chi connectivity index (χ2n) is 3.52. The average Bonchev–Trinajstić information content (AvgIpc) is 2.70. The molecule has 1 aliphatic rings. The Morgan fingerprint density at radius 2 is 2.00 bits per heavy atom. The third-order valence-electron chi connectivity index (χ3n) is 2.26. The second-order valence-corrected chi connectivity index (χ2v) is 8.66. The van der Waals surface area contributed by atoms with E-state index in [9.17, 15) is 13.5 Å². The number of primary sulfonamides is 1. The minimum Gasteiger partial charge on any atom is -0.508 e. The van der Waals surface area contributed by atoms with Crippen molar-refractivity contribution in [3.63, 3.8) is 0 Å². The Balaban J connectivity index is 2.29. The Morgan fingerprint density at radius 1 is 1.35 bits per heavy atom. The molecule has 1 aromatic carbocycles. The lowest BCUT2D eigenvalue weighted by Gasteiger charge is -2.24. The van der Waals surface area contributed by atoms with Gasteiger partial charge in [-0.1, -0.05) is 29.6 Å². The summed E-state index contributed by atoms with van der Waals surface area (Å²) in [4.78, 5) is 0.757. The molecule has 1 aliphatic heterocycles. The van der Waals surface area contributed by atoms with Crippen LogP contribution in [0.1, 0.15) is 6.42 Å².